The molecule has 1 aromatic carbocycles. The van der Waals surface area contributed by atoms with E-state index < -0.39 is 6.36 Å². The average Bonchev–Trinajstić information content (AvgIpc) is 2.26. The number of halogens is 4. The van der Waals surface area contributed by atoms with Crippen molar-refractivity contribution in [2.24, 2.45) is 0 Å². The Kier molecular flexibility index (Phi) is 5.01. The first kappa shape index (κ1) is 14.8. The zero-order valence-electron chi connectivity index (χ0n) is 9.42. The molecule has 0 spiro atoms. The van der Waals surface area contributed by atoms with Gasteiger partial charge in [-0.3, -0.25) is 4.79 Å². The first-order chi connectivity index (χ1) is 8.31. The summed E-state index contributed by atoms with van der Waals surface area (Å²) in [5, 5.41) is 2.49. The molecule has 3 nitrogen and oxygen atoms in total. The van der Waals surface area contributed by atoms with Gasteiger partial charge in [0.2, 0.25) is 5.91 Å². The van der Waals surface area contributed by atoms with Gasteiger partial charge >= 0.3 is 6.36 Å². The Balaban J connectivity index is 2.74. The summed E-state index contributed by atoms with van der Waals surface area (Å²) in [5.74, 6) is -0.690. The van der Waals surface area contributed by atoms with Crippen molar-refractivity contribution < 1.29 is 22.7 Å². The Hall–Kier alpha value is -1.24. The lowest BCUT2D eigenvalue weighted by atomic mass is 10.2. The van der Waals surface area contributed by atoms with E-state index in [0.717, 1.165) is 12.1 Å². The Morgan fingerprint density at radius 3 is 2.72 bits per heavy atom. The Morgan fingerprint density at radius 1 is 1.50 bits per heavy atom. The molecule has 0 saturated carbocycles. The summed E-state index contributed by atoms with van der Waals surface area (Å²) in [6.07, 6.45) is -4.17. The highest BCUT2D eigenvalue weighted by atomic mass is 79.9. The molecule has 1 aromatic rings. The van der Waals surface area contributed by atoms with E-state index in [4.69, 9.17) is 0 Å². The maximum Gasteiger partial charge on any atom is 0.573 e. The molecule has 1 amide bonds. The minimum atomic E-state index is -4.75. The quantitative estimate of drug-likeness (QED) is 0.857. The van der Waals surface area contributed by atoms with Gasteiger partial charge in [0.25, 0.3) is 0 Å². The number of benzene rings is 1. The highest BCUT2D eigenvalue weighted by Crippen LogP contribution is 2.25. The van der Waals surface area contributed by atoms with Crippen LogP contribution in [0.5, 0.6) is 5.75 Å². The van der Waals surface area contributed by atoms with Crippen molar-refractivity contribution in [1.29, 1.82) is 0 Å². The van der Waals surface area contributed by atoms with E-state index in [1.165, 1.54) is 12.1 Å². The smallest absolute Gasteiger partial charge is 0.406 e. The van der Waals surface area contributed by atoms with Gasteiger partial charge in [-0.25, -0.2) is 0 Å². The number of carbonyl (C=O) groups excluding carboxylic acids is 1. The van der Waals surface area contributed by atoms with Crippen LogP contribution in [0.15, 0.2) is 24.3 Å². The van der Waals surface area contributed by atoms with Gasteiger partial charge in [0.1, 0.15) is 5.75 Å². The number of ether oxygens (including phenoxy) is 1. The zero-order chi connectivity index (χ0) is 13.8. The molecule has 0 aromatic heterocycles. The van der Waals surface area contributed by atoms with Crippen molar-refractivity contribution in [1.82, 2.24) is 0 Å². The summed E-state index contributed by atoms with van der Waals surface area (Å²) in [4.78, 5) is 11.1. The van der Waals surface area contributed by atoms with Crippen LogP contribution in [0.3, 0.4) is 0 Å². The van der Waals surface area contributed by atoms with Gasteiger partial charge in [-0.15, -0.1) is 13.2 Å². The molecule has 0 radical (unpaired) electrons. The number of alkyl halides is 4. The molecule has 0 aliphatic carbocycles. The fourth-order valence-electron chi connectivity index (χ4n) is 1.18. The second-order valence-electron chi connectivity index (χ2n) is 3.44. The summed E-state index contributed by atoms with van der Waals surface area (Å²) in [6.45, 7) is 1.81. The van der Waals surface area contributed by atoms with Crippen LogP contribution in [0.4, 0.5) is 18.9 Å². The number of nitrogens with one attached hydrogen (secondary N) is 1. The van der Waals surface area contributed by atoms with Crippen molar-refractivity contribution >= 4 is 27.5 Å². The van der Waals surface area contributed by atoms with Crippen LogP contribution in [-0.2, 0) is 4.79 Å². The van der Waals surface area contributed by atoms with Gasteiger partial charge in [0, 0.05) is 11.8 Å². The molecule has 1 unspecified atom stereocenters. The standard InChI is InChI=1S/C11H11BrF3NO2/c1-2-9(12)10(17)16-7-4-3-5-8(6-7)18-11(13,14)15/h3-6,9H,2H2,1H3,(H,16,17). The van der Waals surface area contributed by atoms with Crippen molar-refractivity contribution in [3.63, 3.8) is 0 Å². The largest absolute Gasteiger partial charge is 0.573 e. The van der Waals surface area contributed by atoms with E-state index in [1.54, 1.807) is 0 Å². The van der Waals surface area contributed by atoms with Crippen molar-refractivity contribution in [2.75, 3.05) is 5.32 Å². The Morgan fingerprint density at radius 2 is 2.17 bits per heavy atom. The molecular weight excluding hydrogens is 315 g/mol. The lowest BCUT2D eigenvalue weighted by molar-refractivity contribution is -0.274. The Labute approximate surface area is 110 Å². The van der Waals surface area contributed by atoms with E-state index in [0.29, 0.717) is 6.42 Å². The summed E-state index contributed by atoms with van der Waals surface area (Å²) in [5.41, 5.74) is 0.250. The van der Waals surface area contributed by atoms with Gasteiger partial charge in [0.15, 0.2) is 0 Å². The van der Waals surface area contributed by atoms with Crippen LogP contribution in [0.1, 0.15) is 13.3 Å². The summed E-state index contributed by atoms with van der Waals surface area (Å²) < 4.78 is 39.8. The molecule has 0 bridgehead atoms. The molecule has 0 aliphatic rings. The highest BCUT2D eigenvalue weighted by molar-refractivity contribution is 9.10. The van der Waals surface area contributed by atoms with Gasteiger partial charge < -0.3 is 10.1 Å². The summed E-state index contributed by atoms with van der Waals surface area (Å²) >= 11 is 3.14. The Bertz CT molecular complexity index is 423. The zero-order valence-corrected chi connectivity index (χ0v) is 11.0. The van der Waals surface area contributed by atoms with E-state index in [2.05, 4.69) is 26.0 Å². The van der Waals surface area contributed by atoms with Crippen LogP contribution in [-0.4, -0.2) is 17.1 Å². The van der Waals surface area contributed by atoms with E-state index >= 15 is 0 Å². The lowest BCUT2D eigenvalue weighted by Gasteiger charge is -2.12. The predicted octanol–water partition coefficient (Wildman–Crippen LogP) is 3.70. The highest BCUT2D eigenvalue weighted by Gasteiger charge is 2.31. The second-order valence-corrected chi connectivity index (χ2v) is 4.55. The van der Waals surface area contributed by atoms with Gasteiger partial charge in [0.05, 0.1) is 4.83 Å². The van der Waals surface area contributed by atoms with Gasteiger partial charge in [-0.05, 0) is 18.6 Å². The molecule has 0 heterocycles. The third-order valence-corrected chi connectivity index (χ3v) is 3.04. The number of hydrogen-bond acceptors (Lipinski definition) is 2. The third kappa shape index (κ3) is 4.95. The summed E-state index contributed by atoms with van der Waals surface area (Å²) in [6, 6.07) is 5.12. The van der Waals surface area contributed by atoms with Crippen molar-refractivity contribution in [3.05, 3.63) is 24.3 Å². The molecule has 1 atom stereocenters. The van der Waals surface area contributed by atoms with Crippen molar-refractivity contribution in [3.8, 4) is 5.75 Å². The van der Waals surface area contributed by atoms with Gasteiger partial charge in [-0.2, -0.15) is 0 Å². The summed E-state index contributed by atoms with van der Waals surface area (Å²) in [7, 11) is 0. The number of rotatable bonds is 4. The van der Waals surface area contributed by atoms with E-state index in [9.17, 15) is 18.0 Å². The minimum Gasteiger partial charge on any atom is -0.406 e. The number of anilines is 1. The molecule has 1 N–H and O–H groups in total. The molecule has 18 heavy (non-hydrogen) atoms. The van der Waals surface area contributed by atoms with E-state index in [-0.39, 0.29) is 22.2 Å². The second kappa shape index (κ2) is 6.08. The first-order valence-electron chi connectivity index (χ1n) is 5.12. The van der Waals surface area contributed by atoms with Crippen LogP contribution in [0.2, 0.25) is 0 Å². The maximum atomic E-state index is 12.0. The van der Waals surface area contributed by atoms with Crippen LogP contribution >= 0.6 is 15.9 Å². The topological polar surface area (TPSA) is 38.3 Å². The molecule has 0 saturated heterocycles. The van der Waals surface area contributed by atoms with Crippen LogP contribution in [0.25, 0.3) is 0 Å². The fraction of sp³-hybridized carbons (Fsp3) is 0.364. The molecule has 0 fully saturated rings. The van der Waals surface area contributed by atoms with Crippen molar-refractivity contribution in [2.45, 2.75) is 24.5 Å². The number of hydrogen-bond donors (Lipinski definition) is 1. The maximum absolute atomic E-state index is 12.0. The molecule has 7 heteroatoms. The lowest BCUT2D eigenvalue weighted by Crippen LogP contribution is -2.22. The normalized spacial score (nSPS) is 12.9. The fourth-order valence-corrected chi connectivity index (χ4v) is 1.29. The third-order valence-electron chi connectivity index (χ3n) is 1.98. The average molecular weight is 326 g/mol. The number of carbonyl (C=O) groups is 1. The predicted molar refractivity (Wildman–Crippen MR) is 64.8 cm³/mol. The first-order valence-corrected chi connectivity index (χ1v) is 6.04. The SMILES string of the molecule is CCC(Br)C(=O)Nc1cccc(OC(F)(F)F)c1. The molecule has 1 rings (SSSR count). The van der Waals surface area contributed by atoms with Crippen LogP contribution < -0.4 is 10.1 Å². The molecule has 0 aliphatic heterocycles. The molecule has 100 valence electrons. The monoisotopic (exact) mass is 325 g/mol. The van der Waals surface area contributed by atoms with E-state index in [1.807, 2.05) is 6.92 Å². The minimum absolute atomic E-state index is 0.250. The number of amides is 1. The van der Waals surface area contributed by atoms with Crippen LogP contribution in [0, 0.1) is 0 Å². The van der Waals surface area contributed by atoms with Gasteiger partial charge in [-0.1, -0.05) is 28.9 Å². The molecular formula is C11H11BrF3NO2.